The molecule has 4 aromatic rings. The Kier molecular flexibility index (Phi) is 6.54. The van der Waals surface area contributed by atoms with E-state index in [-0.39, 0.29) is 42.4 Å². The van der Waals surface area contributed by atoms with Crippen LogP contribution < -0.4 is 10.1 Å². The Morgan fingerprint density at radius 1 is 1.37 bits per heavy atom. The van der Waals surface area contributed by atoms with Crippen LogP contribution in [0.5, 0.6) is 5.88 Å². The molecule has 1 saturated heterocycles. The summed E-state index contributed by atoms with van der Waals surface area (Å²) in [4.78, 5) is 16.7. The number of amides is 1. The first-order chi connectivity index (χ1) is 18.1. The van der Waals surface area contributed by atoms with Crippen molar-refractivity contribution in [2.24, 2.45) is 0 Å². The van der Waals surface area contributed by atoms with Gasteiger partial charge in [-0.25, -0.2) is 26.8 Å². The van der Waals surface area contributed by atoms with E-state index in [0.717, 1.165) is 15.6 Å². The number of likely N-dealkylation sites (tertiary alicyclic amines) is 1. The van der Waals surface area contributed by atoms with Crippen LogP contribution in [0.1, 0.15) is 13.3 Å². The summed E-state index contributed by atoms with van der Waals surface area (Å²) in [6.45, 7) is -0.365. The molecule has 0 unspecified atom stereocenters. The maximum absolute atomic E-state index is 15.3. The third-order valence-corrected chi connectivity index (χ3v) is 6.36. The lowest BCUT2D eigenvalue weighted by molar-refractivity contribution is -0.145. The minimum absolute atomic E-state index is 0.00340. The summed E-state index contributed by atoms with van der Waals surface area (Å²) >= 11 is 0. The molecule has 38 heavy (non-hydrogen) atoms. The van der Waals surface area contributed by atoms with Crippen molar-refractivity contribution in [3.8, 4) is 17.0 Å². The predicted octanol–water partition coefficient (Wildman–Crippen LogP) is 2.29. The van der Waals surface area contributed by atoms with E-state index in [2.05, 4.69) is 25.7 Å². The number of aliphatic hydroxyl groups excluding tert-OH is 1. The van der Waals surface area contributed by atoms with Crippen molar-refractivity contribution < 1.29 is 32.2 Å². The van der Waals surface area contributed by atoms with Crippen molar-refractivity contribution in [3.63, 3.8) is 0 Å². The van der Waals surface area contributed by atoms with Crippen LogP contribution in [0.15, 0.2) is 24.4 Å². The van der Waals surface area contributed by atoms with E-state index < -0.39 is 43.0 Å². The maximum Gasteiger partial charge on any atom is 0.285 e. The summed E-state index contributed by atoms with van der Waals surface area (Å²) < 4.78 is 66.3. The van der Waals surface area contributed by atoms with Crippen LogP contribution in [0.4, 0.5) is 23.5 Å². The number of aromatic nitrogens is 6. The van der Waals surface area contributed by atoms with Crippen LogP contribution in [0.2, 0.25) is 0 Å². The molecular weight excluding hydrogens is 512 g/mol. The fourth-order valence-corrected chi connectivity index (χ4v) is 4.58. The first-order valence-corrected chi connectivity index (χ1v) is 11.7. The van der Waals surface area contributed by atoms with E-state index in [1.54, 1.807) is 18.2 Å². The minimum Gasteiger partial charge on any atom is -0.479 e. The number of carbonyl (C=O) groups is 1. The zero-order valence-corrected chi connectivity index (χ0v) is 20.4. The molecule has 2 atom stereocenters. The van der Waals surface area contributed by atoms with Gasteiger partial charge in [-0.1, -0.05) is 11.3 Å². The molecule has 4 heterocycles. The highest BCUT2D eigenvalue weighted by Gasteiger charge is 2.46. The first kappa shape index (κ1) is 25.6. The van der Waals surface area contributed by atoms with Crippen molar-refractivity contribution >= 4 is 28.4 Å². The lowest BCUT2D eigenvalue weighted by Gasteiger charge is -2.38. The summed E-state index contributed by atoms with van der Waals surface area (Å²) in [6.07, 6.45) is -0.235. The smallest absolute Gasteiger partial charge is 0.285 e. The molecule has 0 spiro atoms. The Hall–Kier alpha value is -4.01. The van der Waals surface area contributed by atoms with E-state index in [0.29, 0.717) is 16.6 Å². The van der Waals surface area contributed by atoms with Gasteiger partial charge in [0, 0.05) is 6.54 Å². The lowest BCUT2D eigenvalue weighted by Crippen LogP contribution is -2.56. The Balaban J connectivity index is 1.50. The molecular formula is C23H24F4N8O3. The number of carbonyl (C=O) groups excluding carboxylic acids is 1. The number of benzene rings is 1. The molecule has 0 bridgehead atoms. The summed E-state index contributed by atoms with van der Waals surface area (Å²) in [6, 6.07) is 3.44. The van der Waals surface area contributed by atoms with Gasteiger partial charge in [0.2, 0.25) is 17.7 Å². The number of halogens is 4. The van der Waals surface area contributed by atoms with Gasteiger partial charge in [0.05, 0.1) is 43.5 Å². The number of ether oxygens (including phenoxy) is 1. The van der Waals surface area contributed by atoms with Gasteiger partial charge in [-0.3, -0.25) is 4.79 Å². The molecule has 0 aliphatic carbocycles. The molecule has 0 radical (unpaired) electrons. The third kappa shape index (κ3) is 4.57. The Morgan fingerprint density at radius 2 is 2.16 bits per heavy atom. The minimum atomic E-state index is -3.34. The molecule has 1 fully saturated rings. The third-order valence-electron chi connectivity index (χ3n) is 6.36. The van der Waals surface area contributed by atoms with Crippen molar-refractivity contribution in [1.29, 1.82) is 0 Å². The lowest BCUT2D eigenvalue weighted by atomic mass is 10.0. The van der Waals surface area contributed by atoms with Gasteiger partial charge >= 0.3 is 0 Å². The number of hydrogen-bond acceptors (Lipinski definition) is 8. The number of piperidine rings is 1. The van der Waals surface area contributed by atoms with E-state index in [9.17, 15) is 18.0 Å². The molecule has 5 rings (SSSR count). The number of anilines is 1. The van der Waals surface area contributed by atoms with Gasteiger partial charge in [-0.2, -0.15) is 4.98 Å². The molecule has 1 aliphatic heterocycles. The molecule has 11 nitrogen and oxygen atoms in total. The Labute approximate surface area is 213 Å². The van der Waals surface area contributed by atoms with Gasteiger partial charge < -0.3 is 20.1 Å². The number of nitrogens with zero attached hydrogens (tertiary/aromatic N) is 7. The molecule has 1 aromatic carbocycles. The summed E-state index contributed by atoms with van der Waals surface area (Å²) in [5.74, 6) is -5.09. The number of methoxy groups -OCH3 is 1. The zero-order chi connectivity index (χ0) is 27.2. The number of nitrogens with one attached hydrogen (secondary N) is 1. The van der Waals surface area contributed by atoms with Crippen LogP contribution in [0, 0.1) is 5.82 Å². The van der Waals surface area contributed by atoms with E-state index in [4.69, 9.17) is 9.84 Å². The molecule has 15 heteroatoms. The van der Waals surface area contributed by atoms with Crippen LogP contribution in [0.3, 0.4) is 0 Å². The molecule has 2 N–H and O–H groups in total. The van der Waals surface area contributed by atoms with Crippen molar-refractivity contribution in [2.45, 2.75) is 38.0 Å². The van der Waals surface area contributed by atoms with Gasteiger partial charge in [0.15, 0.2) is 5.82 Å². The second-order valence-corrected chi connectivity index (χ2v) is 9.07. The second-order valence-electron chi connectivity index (χ2n) is 9.07. The highest BCUT2D eigenvalue weighted by atomic mass is 19.3. The predicted molar refractivity (Wildman–Crippen MR) is 127 cm³/mol. The van der Waals surface area contributed by atoms with Crippen molar-refractivity contribution in [2.75, 3.05) is 32.1 Å². The summed E-state index contributed by atoms with van der Waals surface area (Å²) in [5, 5.41) is 23.7. The SMILES string of the molecule is COc1nc(N[C@@H]2CCN(C(=O)CO)CC2(F)F)nn2cc(F)c(-c3ccc4nnn(C[C@H](C)F)c4c3)c12. The molecule has 1 aliphatic rings. The highest BCUT2D eigenvalue weighted by Crippen LogP contribution is 2.36. The Morgan fingerprint density at radius 3 is 2.84 bits per heavy atom. The molecule has 1 amide bonds. The topological polar surface area (TPSA) is 123 Å². The van der Waals surface area contributed by atoms with Gasteiger partial charge in [-0.15, -0.1) is 10.2 Å². The summed E-state index contributed by atoms with van der Waals surface area (Å²) in [7, 11) is 1.30. The average Bonchev–Trinajstić information content (AvgIpc) is 3.42. The van der Waals surface area contributed by atoms with Crippen LogP contribution >= 0.6 is 0 Å². The second kappa shape index (κ2) is 9.70. The quantitative estimate of drug-likeness (QED) is 0.345. The van der Waals surface area contributed by atoms with Gasteiger partial charge in [0.25, 0.3) is 5.92 Å². The molecule has 3 aromatic heterocycles. The van der Waals surface area contributed by atoms with E-state index in [1.807, 2.05) is 0 Å². The van der Waals surface area contributed by atoms with Crippen molar-refractivity contribution in [1.82, 2.24) is 34.5 Å². The van der Waals surface area contributed by atoms with Crippen LogP contribution in [-0.2, 0) is 11.3 Å². The van der Waals surface area contributed by atoms with E-state index >= 15 is 4.39 Å². The van der Waals surface area contributed by atoms with E-state index in [1.165, 1.54) is 18.7 Å². The monoisotopic (exact) mass is 536 g/mol. The van der Waals surface area contributed by atoms with Gasteiger partial charge in [-0.05, 0) is 31.0 Å². The highest BCUT2D eigenvalue weighted by molar-refractivity contribution is 5.89. The fourth-order valence-electron chi connectivity index (χ4n) is 4.58. The zero-order valence-electron chi connectivity index (χ0n) is 20.4. The molecule has 202 valence electrons. The maximum atomic E-state index is 15.3. The normalized spacial score (nSPS) is 18.2. The number of hydrogen-bond donors (Lipinski definition) is 2. The average molecular weight is 536 g/mol. The largest absolute Gasteiger partial charge is 0.479 e. The van der Waals surface area contributed by atoms with Gasteiger partial charge in [0.1, 0.15) is 23.8 Å². The first-order valence-electron chi connectivity index (χ1n) is 11.7. The van der Waals surface area contributed by atoms with Crippen LogP contribution in [-0.4, -0.2) is 90.4 Å². The number of aliphatic hydroxyl groups is 1. The standard InChI is InChI=1S/C23H24F4N8O3/c1-12(24)8-34-16-7-13(3-4-15(16)30-32-34)19-14(25)9-35-20(19)21(38-2)29-22(31-35)28-17-5-6-33(18(37)10-36)11-23(17,26)27/h3-4,7,9,12,17,36H,5-6,8,10-11H2,1-2H3,(H,28,31)/t12-,17+/m0/s1. The fraction of sp³-hybridized carbons (Fsp3) is 0.435. The number of alkyl halides is 3. The molecule has 0 saturated carbocycles. The Bertz CT molecular complexity index is 1510. The van der Waals surface area contributed by atoms with Crippen molar-refractivity contribution in [3.05, 3.63) is 30.2 Å². The number of rotatable bonds is 7. The van der Waals surface area contributed by atoms with Crippen LogP contribution in [0.25, 0.3) is 27.7 Å². The number of fused-ring (bicyclic) bond motifs is 2. The summed E-state index contributed by atoms with van der Waals surface area (Å²) in [5.41, 5.74) is 1.65.